The maximum atomic E-state index is 12.8. The summed E-state index contributed by atoms with van der Waals surface area (Å²) in [5.74, 6) is 2.96. The molecule has 0 bridgehead atoms. The average molecular weight is 466 g/mol. The van der Waals surface area contributed by atoms with Crippen LogP contribution < -0.4 is 10.1 Å². The molecule has 0 radical (unpaired) electrons. The average Bonchev–Trinajstić information content (AvgIpc) is 3.26. The molecule has 4 rings (SSSR count). The van der Waals surface area contributed by atoms with Gasteiger partial charge < -0.3 is 10.1 Å². The highest BCUT2D eigenvalue weighted by Crippen LogP contribution is 2.31. The van der Waals surface area contributed by atoms with E-state index in [9.17, 15) is 4.79 Å². The number of hydrogen-bond acceptors (Lipinski definition) is 6. The molecule has 1 aromatic carbocycles. The first kappa shape index (κ1) is 23.3. The molecule has 1 fully saturated rings. The van der Waals surface area contributed by atoms with Crippen LogP contribution in [0.2, 0.25) is 0 Å². The highest BCUT2D eigenvalue weighted by molar-refractivity contribution is 7.99. The number of ether oxygens (including phenoxy) is 1. The van der Waals surface area contributed by atoms with Crippen LogP contribution in [0.3, 0.4) is 0 Å². The molecule has 8 heteroatoms. The van der Waals surface area contributed by atoms with Crippen molar-refractivity contribution in [3.05, 3.63) is 48.8 Å². The molecule has 174 valence electrons. The first-order valence-corrected chi connectivity index (χ1v) is 12.6. The van der Waals surface area contributed by atoms with Crippen molar-refractivity contribution in [3.8, 4) is 22.8 Å². The number of benzene rings is 1. The Morgan fingerprint density at radius 1 is 1.18 bits per heavy atom. The molecule has 3 atom stereocenters. The zero-order valence-corrected chi connectivity index (χ0v) is 20.2. The number of rotatable bonds is 8. The summed E-state index contributed by atoms with van der Waals surface area (Å²) in [6, 6.07) is 11.9. The molecule has 1 saturated carbocycles. The van der Waals surface area contributed by atoms with Crippen LogP contribution in [0.5, 0.6) is 5.75 Å². The molecule has 33 heavy (non-hydrogen) atoms. The molecule has 0 aliphatic heterocycles. The van der Waals surface area contributed by atoms with E-state index >= 15 is 0 Å². The van der Waals surface area contributed by atoms with Crippen molar-refractivity contribution in [1.82, 2.24) is 25.1 Å². The SMILES string of the molecule is CCOc1ccc(-n2c(SCC(=O)N[C@@H]3CCC[C@@H](C)[C@@H]3C)nnc2-c2cccnc2)cc1. The molecule has 2 aromatic heterocycles. The van der Waals surface area contributed by atoms with Crippen molar-refractivity contribution in [2.24, 2.45) is 11.8 Å². The largest absolute Gasteiger partial charge is 0.494 e. The number of thioether (sulfide) groups is 1. The summed E-state index contributed by atoms with van der Waals surface area (Å²) in [6.07, 6.45) is 6.96. The highest BCUT2D eigenvalue weighted by atomic mass is 32.2. The molecule has 1 N–H and O–H groups in total. The Bertz CT molecular complexity index is 1050. The third-order valence-electron chi connectivity index (χ3n) is 6.34. The minimum Gasteiger partial charge on any atom is -0.494 e. The minimum absolute atomic E-state index is 0.0371. The van der Waals surface area contributed by atoms with Gasteiger partial charge in [0.1, 0.15) is 5.75 Å². The summed E-state index contributed by atoms with van der Waals surface area (Å²) in [7, 11) is 0. The van der Waals surface area contributed by atoms with Gasteiger partial charge in [0.15, 0.2) is 11.0 Å². The lowest BCUT2D eigenvalue weighted by atomic mass is 9.78. The van der Waals surface area contributed by atoms with E-state index in [4.69, 9.17) is 4.74 Å². The number of pyridine rings is 1. The van der Waals surface area contributed by atoms with Gasteiger partial charge in [0.25, 0.3) is 0 Å². The third-order valence-corrected chi connectivity index (χ3v) is 7.27. The van der Waals surface area contributed by atoms with Crippen molar-refractivity contribution in [3.63, 3.8) is 0 Å². The molecular weight excluding hydrogens is 434 g/mol. The summed E-state index contributed by atoms with van der Waals surface area (Å²) in [6.45, 7) is 7.09. The first-order chi connectivity index (χ1) is 16.1. The predicted octanol–water partition coefficient (Wildman–Crippen LogP) is 4.76. The van der Waals surface area contributed by atoms with E-state index in [1.807, 2.05) is 47.9 Å². The topological polar surface area (TPSA) is 81.9 Å². The fourth-order valence-corrected chi connectivity index (χ4v) is 5.06. The summed E-state index contributed by atoms with van der Waals surface area (Å²) in [5.41, 5.74) is 1.76. The fraction of sp³-hybridized carbons (Fsp3) is 0.440. The second-order valence-corrected chi connectivity index (χ2v) is 9.48. The third kappa shape index (κ3) is 5.55. The van der Waals surface area contributed by atoms with E-state index in [1.54, 1.807) is 12.4 Å². The van der Waals surface area contributed by atoms with Gasteiger partial charge >= 0.3 is 0 Å². The van der Waals surface area contributed by atoms with Gasteiger partial charge in [0, 0.05) is 29.7 Å². The van der Waals surface area contributed by atoms with Crippen LogP contribution in [0.4, 0.5) is 0 Å². The molecular formula is C25H31N5O2S. The first-order valence-electron chi connectivity index (χ1n) is 11.6. The van der Waals surface area contributed by atoms with Gasteiger partial charge in [-0.25, -0.2) is 0 Å². The highest BCUT2D eigenvalue weighted by Gasteiger charge is 2.28. The van der Waals surface area contributed by atoms with E-state index in [0.717, 1.165) is 23.4 Å². The number of nitrogens with zero attached hydrogens (tertiary/aromatic N) is 4. The molecule has 3 aromatic rings. The number of aromatic nitrogens is 4. The van der Waals surface area contributed by atoms with Gasteiger partial charge in [0.2, 0.25) is 5.91 Å². The van der Waals surface area contributed by atoms with Gasteiger partial charge in [-0.2, -0.15) is 0 Å². The van der Waals surface area contributed by atoms with Crippen molar-refractivity contribution >= 4 is 17.7 Å². The zero-order chi connectivity index (χ0) is 23.2. The van der Waals surface area contributed by atoms with E-state index in [1.165, 1.54) is 24.6 Å². The standard InChI is InChI=1S/C25H31N5O2S/c1-4-32-21-12-10-20(11-13-21)30-24(19-8-6-14-26-15-19)28-29-25(30)33-16-23(31)27-22-9-5-7-17(2)18(22)3/h6,8,10-15,17-18,22H,4-5,7,9,16H2,1-3H3,(H,27,31)/t17-,18+,22-/m1/s1. The Kier molecular flexibility index (Phi) is 7.65. The number of carbonyl (C=O) groups is 1. The van der Waals surface area contributed by atoms with Crippen LogP contribution >= 0.6 is 11.8 Å². The Balaban J connectivity index is 1.54. The van der Waals surface area contributed by atoms with Crippen molar-refractivity contribution in [2.75, 3.05) is 12.4 Å². The van der Waals surface area contributed by atoms with Crippen LogP contribution in [0.25, 0.3) is 17.1 Å². The van der Waals surface area contributed by atoms with E-state index < -0.39 is 0 Å². The molecule has 0 saturated heterocycles. The van der Waals surface area contributed by atoms with Crippen LogP contribution in [-0.4, -0.2) is 44.1 Å². The minimum atomic E-state index is 0.0371. The van der Waals surface area contributed by atoms with Crippen molar-refractivity contribution in [2.45, 2.75) is 51.2 Å². The number of nitrogens with one attached hydrogen (secondary N) is 1. The molecule has 1 amide bonds. The molecule has 0 unspecified atom stereocenters. The summed E-state index contributed by atoms with van der Waals surface area (Å²) in [4.78, 5) is 17.0. The zero-order valence-electron chi connectivity index (χ0n) is 19.4. The molecule has 2 heterocycles. The van der Waals surface area contributed by atoms with Crippen LogP contribution in [0.15, 0.2) is 53.9 Å². The van der Waals surface area contributed by atoms with Gasteiger partial charge in [-0.05, 0) is 61.6 Å². The van der Waals surface area contributed by atoms with Crippen LogP contribution in [-0.2, 0) is 4.79 Å². The van der Waals surface area contributed by atoms with Gasteiger partial charge in [-0.3, -0.25) is 14.3 Å². The van der Waals surface area contributed by atoms with E-state index in [2.05, 4.69) is 34.3 Å². The Hall–Kier alpha value is -2.87. The van der Waals surface area contributed by atoms with E-state index in [-0.39, 0.29) is 11.9 Å². The Morgan fingerprint density at radius 2 is 2.00 bits per heavy atom. The number of amides is 1. The lowest BCUT2D eigenvalue weighted by Gasteiger charge is -2.34. The second kappa shape index (κ2) is 10.8. The molecule has 1 aliphatic rings. The fourth-order valence-electron chi connectivity index (χ4n) is 4.30. The lowest BCUT2D eigenvalue weighted by molar-refractivity contribution is -0.120. The Morgan fingerprint density at radius 3 is 2.73 bits per heavy atom. The lowest BCUT2D eigenvalue weighted by Crippen LogP contribution is -2.44. The smallest absolute Gasteiger partial charge is 0.230 e. The van der Waals surface area contributed by atoms with Gasteiger partial charge in [0.05, 0.1) is 12.4 Å². The molecule has 1 aliphatic carbocycles. The van der Waals surface area contributed by atoms with Crippen LogP contribution in [0, 0.1) is 11.8 Å². The van der Waals surface area contributed by atoms with Gasteiger partial charge in [-0.1, -0.05) is 38.5 Å². The molecule has 7 nitrogen and oxygen atoms in total. The summed E-state index contributed by atoms with van der Waals surface area (Å²) < 4.78 is 7.55. The van der Waals surface area contributed by atoms with Crippen molar-refractivity contribution in [1.29, 1.82) is 0 Å². The van der Waals surface area contributed by atoms with Crippen molar-refractivity contribution < 1.29 is 9.53 Å². The maximum Gasteiger partial charge on any atom is 0.230 e. The normalized spacial score (nSPS) is 20.4. The maximum absolute atomic E-state index is 12.8. The predicted molar refractivity (Wildman–Crippen MR) is 131 cm³/mol. The van der Waals surface area contributed by atoms with E-state index in [0.29, 0.717) is 35.2 Å². The monoisotopic (exact) mass is 465 g/mol. The Labute approximate surface area is 199 Å². The molecule has 0 spiro atoms. The summed E-state index contributed by atoms with van der Waals surface area (Å²) in [5, 5.41) is 12.7. The number of hydrogen-bond donors (Lipinski definition) is 1. The summed E-state index contributed by atoms with van der Waals surface area (Å²) >= 11 is 1.40. The quantitative estimate of drug-likeness (QED) is 0.483. The van der Waals surface area contributed by atoms with Gasteiger partial charge in [-0.15, -0.1) is 10.2 Å². The van der Waals surface area contributed by atoms with Crippen LogP contribution in [0.1, 0.15) is 40.0 Å². The number of carbonyl (C=O) groups excluding carboxylic acids is 1. The second-order valence-electron chi connectivity index (χ2n) is 8.54.